The average molecular weight is 467 g/mol. The number of fused-ring (bicyclic) bond motifs is 2. The van der Waals surface area contributed by atoms with Crippen LogP contribution in [0, 0.1) is 0 Å². The molecule has 3 heteroatoms. The molecule has 0 saturated heterocycles. The molecule has 4 rings (SSSR count). The zero-order chi connectivity index (χ0) is 17.9. The number of benzene rings is 3. The van der Waals surface area contributed by atoms with Crippen molar-refractivity contribution in [3.8, 4) is 5.75 Å². The molecule has 0 amide bonds. The van der Waals surface area contributed by atoms with Gasteiger partial charge in [-0.1, -0.05) is 48.6 Å². The van der Waals surface area contributed by atoms with Crippen LogP contribution in [-0.2, 0) is 7.05 Å². The van der Waals surface area contributed by atoms with Gasteiger partial charge in [-0.2, -0.15) is 4.57 Å². The van der Waals surface area contributed by atoms with Crippen LogP contribution in [0.2, 0.25) is 0 Å². The van der Waals surface area contributed by atoms with Crippen molar-refractivity contribution in [2.24, 2.45) is 7.05 Å². The predicted molar refractivity (Wildman–Crippen MR) is 109 cm³/mol. The second-order valence-electron chi connectivity index (χ2n) is 6.34. The molecule has 0 saturated carbocycles. The van der Waals surface area contributed by atoms with E-state index in [4.69, 9.17) is 4.74 Å². The van der Waals surface area contributed by atoms with Crippen LogP contribution in [0.4, 0.5) is 0 Å². The molecule has 0 bridgehead atoms. The summed E-state index contributed by atoms with van der Waals surface area (Å²) in [5.74, 6) is 0.910. The lowest BCUT2D eigenvalue weighted by atomic mass is 10.0. The van der Waals surface area contributed by atoms with Gasteiger partial charge >= 0.3 is 0 Å². The fraction of sp³-hybridized carbons (Fsp3) is 0.125. The van der Waals surface area contributed by atoms with E-state index in [2.05, 4.69) is 84.4 Å². The summed E-state index contributed by atoms with van der Waals surface area (Å²) in [6.07, 6.45) is 4.39. The summed E-state index contributed by atoms with van der Waals surface area (Å²) >= 11 is 0. The van der Waals surface area contributed by atoms with Gasteiger partial charge in [0.05, 0.1) is 17.4 Å². The molecule has 27 heavy (non-hydrogen) atoms. The number of ether oxygens (including phenoxy) is 1. The topological polar surface area (TPSA) is 13.1 Å². The van der Waals surface area contributed by atoms with E-state index in [0.29, 0.717) is 6.61 Å². The van der Waals surface area contributed by atoms with Crippen LogP contribution in [0.15, 0.2) is 72.8 Å². The summed E-state index contributed by atoms with van der Waals surface area (Å²) in [5, 5.41) is 2.52. The number of hydrogen-bond acceptors (Lipinski definition) is 1. The maximum absolute atomic E-state index is 5.53. The third-order valence-electron chi connectivity index (χ3n) is 4.74. The molecule has 0 aliphatic rings. The van der Waals surface area contributed by atoms with Crippen LogP contribution in [0.5, 0.6) is 5.75 Å². The molecule has 1 heterocycles. The van der Waals surface area contributed by atoms with Gasteiger partial charge in [-0.25, -0.2) is 0 Å². The van der Waals surface area contributed by atoms with Crippen LogP contribution >= 0.6 is 0 Å². The van der Waals surface area contributed by atoms with Crippen molar-refractivity contribution in [3.63, 3.8) is 0 Å². The van der Waals surface area contributed by atoms with E-state index in [1.807, 2.05) is 19.1 Å². The van der Waals surface area contributed by atoms with Crippen molar-refractivity contribution in [2.45, 2.75) is 6.92 Å². The molecule has 0 N–H and O–H groups in total. The Bertz CT molecular complexity index is 1040. The Balaban J connectivity index is 0.00000210. The third kappa shape index (κ3) is 3.83. The van der Waals surface area contributed by atoms with Crippen molar-refractivity contribution in [2.75, 3.05) is 6.61 Å². The van der Waals surface area contributed by atoms with E-state index in [0.717, 1.165) is 11.3 Å². The second kappa shape index (κ2) is 8.53. The minimum Gasteiger partial charge on any atom is -1.00 e. The molecule has 0 aliphatic carbocycles. The van der Waals surface area contributed by atoms with Crippen molar-refractivity contribution in [1.29, 1.82) is 0 Å². The molecule has 2 nitrogen and oxygen atoms in total. The zero-order valence-electron chi connectivity index (χ0n) is 15.5. The van der Waals surface area contributed by atoms with Crippen molar-refractivity contribution < 1.29 is 33.3 Å². The highest BCUT2D eigenvalue weighted by atomic mass is 127. The number of halogens is 1. The Kier molecular flexibility index (Phi) is 6.11. The van der Waals surface area contributed by atoms with Crippen LogP contribution in [0.1, 0.15) is 18.1 Å². The predicted octanol–water partition coefficient (Wildman–Crippen LogP) is 2.39. The lowest BCUT2D eigenvalue weighted by Crippen LogP contribution is -3.00. The molecule has 0 aliphatic heterocycles. The van der Waals surface area contributed by atoms with Gasteiger partial charge in [-0.05, 0) is 36.8 Å². The number of aryl methyl sites for hydroxylation is 1. The largest absolute Gasteiger partial charge is 1.00 e. The second-order valence-corrected chi connectivity index (χ2v) is 6.34. The lowest BCUT2D eigenvalue weighted by molar-refractivity contribution is -0.617. The molecular weight excluding hydrogens is 445 g/mol. The number of hydrogen-bond donors (Lipinski definition) is 0. The number of pyridine rings is 1. The maximum atomic E-state index is 5.53. The SMILES string of the molecule is CCOc1ccc(/C=C/c2c3ccccc3[n+](C)c3ccccc23)cc1.[I-]. The first-order valence-electron chi connectivity index (χ1n) is 8.98. The van der Waals surface area contributed by atoms with E-state index < -0.39 is 0 Å². The van der Waals surface area contributed by atoms with E-state index in [1.54, 1.807) is 0 Å². The Morgan fingerprint density at radius 3 is 1.89 bits per heavy atom. The van der Waals surface area contributed by atoms with Crippen molar-refractivity contribution in [3.05, 3.63) is 83.9 Å². The molecule has 3 aromatic carbocycles. The Labute approximate surface area is 177 Å². The Morgan fingerprint density at radius 2 is 1.33 bits per heavy atom. The molecular formula is C24H22INO. The minimum absolute atomic E-state index is 0. The van der Waals surface area contributed by atoms with Gasteiger partial charge in [0.2, 0.25) is 11.0 Å². The first kappa shape index (κ1) is 19.4. The van der Waals surface area contributed by atoms with Crippen LogP contribution in [0.3, 0.4) is 0 Å². The van der Waals surface area contributed by atoms with Crippen molar-refractivity contribution in [1.82, 2.24) is 0 Å². The quantitative estimate of drug-likeness (QED) is 0.255. The monoisotopic (exact) mass is 467 g/mol. The van der Waals surface area contributed by atoms with E-state index >= 15 is 0 Å². The number of para-hydroxylation sites is 2. The summed E-state index contributed by atoms with van der Waals surface area (Å²) in [6.45, 7) is 2.69. The van der Waals surface area contributed by atoms with E-state index in [1.165, 1.54) is 27.4 Å². The van der Waals surface area contributed by atoms with Gasteiger partial charge in [-0.15, -0.1) is 0 Å². The van der Waals surface area contributed by atoms with Gasteiger partial charge in [0, 0.05) is 17.7 Å². The standard InChI is InChI=1S/C24H22NO.HI/c1-3-26-19-15-12-18(13-16-19)14-17-20-21-8-4-6-10-23(21)25(2)24-11-7-5-9-22(20)24;/h4-17H,3H2,1-2H3;1H/q+1;/p-1/b17-14+;. The molecule has 0 unspecified atom stereocenters. The number of nitrogens with zero attached hydrogens (tertiary/aromatic N) is 1. The van der Waals surface area contributed by atoms with Gasteiger partial charge in [0.15, 0.2) is 0 Å². The van der Waals surface area contributed by atoms with Gasteiger partial charge in [-0.3, -0.25) is 0 Å². The Hall–Kier alpha value is -2.40. The zero-order valence-corrected chi connectivity index (χ0v) is 17.7. The van der Waals surface area contributed by atoms with E-state index in [9.17, 15) is 0 Å². The number of rotatable bonds is 4. The normalized spacial score (nSPS) is 11.0. The van der Waals surface area contributed by atoms with Gasteiger partial charge in [0.1, 0.15) is 12.8 Å². The maximum Gasteiger partial charge on any atom is 0.213 e. The molecule has 4 aromatic rings. The first-order chi connectivity index (χ1) is 12.8. The van der Waals surface area contributed by atoms with Crippen LogP contribution < -0.4 is 33.3 Å². The minimum atomic E-state index is 0. The smallest absolute Gasteiger partial charge is 0.213 e. The molecule has 0 spiro atoms. The summed E-state index contributed by atoms with van der Waals surface area (Å²) in [4.78, 5) is 0. The lowest BCUT2D eigenvalue weighted by Gasteiger charge is -2.07. The Morgan fingerprint density at radius 1 is 0.778 bits per heavy atom. The number of aromatic nitrogens is 1. The van der Waals surface area contributed by atoms with Gasteiger partial charge < -0.3 is 28.7 Å². The van der Waals surface area contributed by atoms with Crippen LogP contribution in [-0.4, -0.2) is 6.61 Å². The van der Waals surface area contributed by atoms with E-state index in [-0.39, 0.29) is 24.0 Å². The highest BCUT2D eigenvalue weighted by molar-refractivity contribution is 6.01. The molecule has 0 fully saturated rings. The highest BCUT2D eigenvalue weighted by Gasteiger charge is 2.15. The van der Waals surface area contributed by atoms with Gasteiger partial charge in [0.25, 0.3) is 0 Å². The highest BCUT2D eigenvalue weighted by Crippen LogP contribution is 2.26. The molecule has 1 aromatic heterocycles. The molecule has 0 atom stereocenters. The van der Waals surface area contributed by atoms with Crippen LogP contribution in [0.25, 0.3) is 34.0 Å². The fourth-order valence-electron chi connectivity index (χ4n) is 3.46. The summed E-state index contributed by atoms with van der Waals surface area (Å²) in [5.41, 5.74) is 4.88. The first-order valence-corrected chi connectivity index (χ1v) is 8.98. The summed E-state index contributed by atoms with van der Waals surface area (Å²) in [6, 6.07) is 25.4. The molecule has 0 radical (unpaired) electrons. The van der Waals surface area contributed by atoms with Crippen molar-refractivity contribution >= 4 is 34.0 Å². The summed E-state index contributed by atoms with van der Waals surface area (Å²) < 4.78 is 7.79. The average Bonchev–Trinajstić information content (AvgIpc) is 2.69. The fourth-order valence-corrected chi connectivity index (χ4v) is 3.46. The summed E-state index contributed by atoms with van der Waals surface area (Å²) in [7, 11) is 2.13. The third-order valence-corrected chi connectivity index (χ3v) is 4.74. The molecule has 136 valence electrons.